The molecule has 3 aliphatic heterocycles. The van der Waals surface area contributed by atoms with E-state index in [0.717, 1.165) is 22.8 Å². The molecule has 10 heteroatoms. The van der Waals surface area contributed by atoms with Gasteiger partial charge in [0.15, 0.2) is 5.83 Å². The summed E-state index contributed by atoms with van der Waals surface area (Å²) in [5.74, 6) is -3.29. The third kappa shape index (κ3) is 3.81. The number of fused-ring (bicyclic) bond motifs is 1. The van der Waals surface area contributed by atoms with Crippen LogP contribution in [0.4, 0.5) is 8.78 Å². The van der Waals surface area contributed by atoms with Gasteiger partial charge in [0.2, 0.25) is 5.91 Å². The van der Waals surface area contributed by atoms with E-state index in [4.69, 9.17) is 11.6 Å². The molecular formula is C19H14ClF2N3O3S. The quantitative estimate of drug-likeness (QED) is 0.670. The van der Waals surface area contributed by atoms with Crippen LogP contribution in [0.25, 0.3) is 0 Å². The first-order chi connectivity index (χ1) is 13.8. The number of hydrogen-bond acceptors (Lipinski definition) is 5. The summed E-state index contributed by atoms with van der Waals surface area (Å²) in [7, 11) is 0. The number of carboxylic acids is 1. The number of aliphatic carboxylic acids is 1. The smallest absolute Gasteiger partial charge is 0.334 e. The van der Waals surface area contributed by atoms with Crippen LogP contribution in [0.2, 0.25) is 5.02 Å². The molecule has 3 heterocycles. The normalized spacial score (nSPS) is 23.4. The first-order valence-corrected chi connectivity index (χ1v) is 9.88. The summed E-state index contributed by atoms with van der Waals surface area (Å²) < 4.78 is 27.2. The van der Waals surface area contributed by atoms with E-state index in [0.29, 0.717) is 10.8 Å². The molecule has 0 spiro atoms. The van der Waals surface area contributed by atoms with Gasteiger partial charge in [-0.05, 0) is 23.8 Å². The molecule has 0 aromatic heterocycles. The average Bonchev–Trinajstić information content (AvgIpc) is 3.27. The second-order valence-electron chi connectivity index (χ2n) is 6.49. The maximum atomic E-state index is 13.9. The van der Waals surface area contributed by atoms with Crippen LogP contribution in [0.1, 0.15) is 11.5 Å². The first-order valence-electron chi connectivity index (χ1n) is 8.52. The van der Waals surface area contributed by atoms with E-state index in [1.165, 1.54) is 17.8 Å². The minimum absolute atomic E-state index is 0.0251. The van der Waals surface area contributed by atoms with Crippen molar-refractivity contribution in [2.45, 2.75) is 12.0 Å². The van der Waals surface area contributed by atoms with Crippen molar-refractivity contribution in [3.8, 4) is 0 Å². The highest BCUT2D eigenvalue weighted by molar-refractivity contribution is 8.03. The number of carboxylic acid groups (broad SMARTS) is 1. The van der Waals surface area contributed by atoms with Crippen LogP contribution in [-0.4, -0.2) is 33.8 Å². The van der Waals surface area contributed by atoms with Crippen LogP contribution >= 0.6 is 23.4 Å². The van der Waals surface area contributed by atoms with Crippen molar-refractivity contribution in [2.75, 3.05) is 5.75 Å². The molecule has 29 heavy (non-hydrogen) atoms. The van der Waals surface area contributed by atoms with Gasteiger partial charge >= 0.3 is 5.97 Å². The van der Waals surface area contributed by atoms with E-state index < -0.39 is 35.5 Å². The molecular weight excluding hydrogens is 424 g/mol. The molecule has 0 aliphatic carbocycles. The van der Waals surface area contributed by atoms with Gasteiger partial charge in [0.1, 0.15) is 11.9 Å². The Bertz CT molecular complexity index is 1020. The van der Waals surface area contributed by atoms with Gasteiger partial charge in [-0.15, -0.1) is 11.8 Å². The number of nitrogens with zero attached hydrogens (tertiary/aromatic N) is 1. The molecule has 0 saturated heterocycles. The van der Waals surface area contributed by atoms with Gasteiger partial charge in [0.25, 0.3) is 0 Å². The summed E-state index contributed by atoms with van der Waals surface area (Å²) in [6, 6.07) is 5.87. The molecule has 2 unspecified atom stereocenters. The molecule has 6 nitrogen and oxygen atoms in total. The van der Waals surface area contributed by atoms with Crippen molar-refractivity contribution >= 4 is 35.2 Å². The fourth-order valence-electron chi connectivity index (χ4n) is 3.27. The zero-order chi connectivity index (χ0) is 20.7. The van der Waals surface area contributed by atoms with Gasteiger partial charge in [-0.3, -0.25) is 9.80 Å². The van der Waals surface area contributed by atoms with Crippen molar-refractivity contribution in [3.05, 3.63) is 81.2 Å². The molecule has 0 fully saturated rings. The van der Waals surface area contributed by atoms with Crippen LogP contribution in [0, 0.1) is 0 Å². The maximum absolute atomic E-state index is 13.9. The molecule has 3 aliphatic rings. The summed E-state index contributed by atoms with van der Waals surface area (Å²) in [5.41, 5.74) is 3.53. The maximum Gasteiger partial charge on any atom is 0.334 e. The molecule has 2 atom stereocenters. The van der Waals surface area contributed by atoms with Gasteiger partial charge in [0.05, 0.1) is 22.5 Å². The van der Waals surface area contributed by atoms with Crippen molar-refractivity contribution < 1.29 is 23.5 Å². The number of rotatable bonds is 4. The highest BCUT2D eigenvalue weighted by Gasteiger charge is 2.36. The summed E-state index contributed by atoms with van der Waals surface area (Å²) in [4.78, 5) is 24.5. The Morgan fingerprint density at radius 1 is 1.28 bits per heavy atom. The van der Waals surface area contributed by atoms with Crippen molar-refractivity contribution in [1.29, 1.82) is 0 Å². The molecule has 0 saturated carbocycles. The minimum atomic E-state index is -1.14. The predicted octanol–water partition coefficient (Wildman–Crippen LogP) is 3.33. The Kier molecular flexibility index (Phi) is 5.20. The largest absolute Gasteiger partial charge is 0.478 e. The van der Waals surface area contributed by atoms with Gasteiger partial charge in [-0.25, -0.2) is 19.0 Å². The molecule has 4 rings (SSSR count). The number of hydrogen-bond donors (Lipinski definition) is 3. The Hall–Kier alpha value is -2.62. The number of hydrazine groups is 1. The SMILES string of the molecule is O=C(O)C1=C(NC(=O)C2C=C3C(F)=CC(F)=CN3N2)SCC1c1ccc(Cl)cc1. The van der Waals surface area contributed by atoms with Crippen LogP contribution in [0.3, 0.4) is 0 Å². The Morgan fingerprint density at radius 2 is 2.00 bits per heavy atom. The third-order valence-electron chi connectivity index (χ3n) is 4.63. The van der Waals surface area contributed by atoms with Gasteiger partial charge < -0.3 is 10.4 Å². The predicted molar refractivity (Wildman–Crippen MR) is 105 cm³/mol. The molecule has 0 bridgehead atoms. The lowest BCUT2D eigenvalue weighted by atomic mass is 9.93. The second-order valence-corrected chi connectivity index (χ2v) is 7.95. The van der Waals surface area contributed by atoms with E-state index in [1.54, 1.807) is 24.3 Å². The average molecular weight is 438 g/mol. The summed E-state index contributed by atoms with van der Waals surface area (Å²) in [6.45, 7) is 0. The number of nitrogens with one attached hydrogen (secondary N) is 2. The lowest BCUT2D eigenvalue weighted by Gasteiger charge is -2.21. The third-order valence-corrected chi connectivity index (χ3v) is 6.00. The van der Waals surface area contributed by atoms with Gasteiger partial charge in [0, 0.05) is 22.8 Å². The van der Waals surface area contributed by atoms with E-state index in [1.807, 2.05) is 0 Å². The fraction of sp³-hybridized carbons (Fsp3) is 0.158. The summed E-state index contributed by atoms with van der Waals surface area (Å²) in [6.07, 6.45) is 3.05. The summed E-state index contributed by atoms with van der Waals surface area (Å²) in [5, 5.41) is 14.1. The van der Waals surface area contributed by atoms with E-state index in [9.17, 15) is 23.5 Å². The number of carbonyl (C=O) groups excluding carboxylic acids is 1. The van der Waals surface area contributed by atoms with Crippen molar-refractivity contribution in [2.24, 2.45) is 0 Å². The standard InChI is InChI=1S/C19H14ClF2N3O3S/c20-10-3-1-9(2-4-10)12-8-29-18(16(12)19(27)28)23-17(26)14-6-15-13(22)5-11(21)7-25(15)24-14/h1-7,12,14,24H,8H2,(H,23,26)(H,27,28). The van der Waals surface area contributed by atoms with Crippen LogP contribution in [-0.2, 0) is 9.59 Å². The fourth-order valence-corrected chi connectivity index (χ4v) is 4.65. The van der Waals surface area contributed by atoms with Crippen molar-refractivity contribution in [1.82, 2.24) is 15.8 Å². The van der Waals surface area contributed by atoms with Crippen molar-refractivity contribution in [3.63, 3.8) is 0 Å². The monoisotopic (exact) mass is 437 g/mol. The van der Waals surface area contributed by atoms with E-state index in [-0.39, 0.29) is 16.3 Å². The number of benzene rings is 1. The highest BCUT2D eigenvalue weighted by atomic mass is 35.5. The van der Waals surface area contributed by atoms with Gasteiger partial charge in [-0.2, -0.15) is 0 Å². The first kappa shape index (κ1) is 19.7. The lowest BCUT2D eigenvalue weighted by Crippen LogP contribution is -2.44. The molecule has 0 radical (unpaired) electrons. The number of allylic oxidation sites excluding steroid dienone is 3. The topological polar surface area (TPSA) is 81.7 Å². The Labute approximate surface area is 173 Å². The summed E-state index contributed by atoms with van der Waals surface area (Å²) >= 11 is 7.11. The number of amides is 1. The minimum Gasteiger partial charge on any atom is -0.478 e. The number of halogens is 3. The lowest BCUT2D eigenvalue weighted by molar-refractivity contribution is -0.132. The number of thioether (sulfide) groups is 1. The van der Waals surface area contributed by atoms with E-state index >= 15 is 0 Å². The molecule has 3 N–H and O–H groups in total. The molecule has 1 aromatic carbocycles. The number of carbonyl (C=O) groups is 2. The van der Waals surface area contributed by atoms with Gasteiger partial charge in [-0.1, -0.05) is 23.7 Å². The second kappa shape index (κ2) is 7.66. The molecule has 1 amide bonds. The molecule has 150 valence electrons. The van der Waals surface area contributed by atoms with Crippen LogP contribution in [0.5, 0.6) is 0 Å². The highest BCUT2D eigenvalue weighted by Crippen LogP contribution is 2.41. The Balaban J connectivity index is 1.55. The van der Waals surface area contributed by atoms with E-state index in [2.05, 4.69) is 10.7 Å². The molecule has 1 aromatic rings. The zero-order valence-electron chi connectivity index (χ0n) is 14.7. The van der Waals surface area contributed by atoms with Crippen LogP contribution < -0.4 is 10.7 Å². The van der Waals surface area contributed by atoms with Crippen LogP contribution in [0.15, 0.2) is 70.6 Å². The zero-order valence-corrected chi connectivity index (χ0v) is 16.2. The Morgan fingerprint density at radius 3 is 2.69 bits per heavy atom.